The molecule has 0 bridgehead atoms. The van der Waals surface area contributed by atoms with Gasteiger partial charge in [-0.2, -0.15) is 0 Å². The predicted octanol–water partition coefficient (Wildman–Crippen LogP) is 0.512. The number of carbonyl (C=O) groups is 1. The molecule has 2 aliphatic heterocycles. The van der Waals surface area contributed by atoms with E-state index >= 15 is 0 Å². The summed E-state index contributed by atoms with van der Waals surface area (Å²) in [7, 11) is 0. The second-order valence-electron chi connectivity index (χ2n) is 4.46. The Morgan fingerprint density at radius 3 is 2.47 bits per heavy atom. The molecule has 2 N–H and O–H groups in total. The molecule has 1 aromatic carbocycles. The Labute approximate surface area is 111 Å². The summed E-state index contributed by atoms with van der Waals surface area (Å²) in [4.78, 5) is 14.2. The lowest BCUT2D eigenvalue weighted by Gasteiger charge is -2.29. The van der Waals surface area contributed by atoms with E-state index in [0.29, 0.717) is 62.3 Å². The number of anilines is 1. The molecule has 6 nitrogen and oxygen atoms in total. The summed E-state index contributed by atoms with van der Waals surface area (Å²) in [6.45, 7) is 3.21. The Bertz CT molecular complexity index is 498. The second-order valence-corrected chi connectivity index (χ2v) is 4.46. The molecule has 0 radical (unpaired) electrons. The monoisotopic (exact) mass is 264 g/mol. The van der Waals surface area contributed by atoms with E-state index in [1.165, 1.54) is 0 Å². The number of morpholine rings is 1. The summed E-state index contributed by atoms with van der Waals surface area (Å²) in [5.74, 6) is 0.873. The highest BCUT2D eigenvalue weighted by molar-refractivity contribution is 5.99. The van der Waals surface area contributed by atoms with E-state index in [4.69, 9.17) is 19.9 Å². The number of ether oxygens (including phenoxy) is 3. The fourth-order valence-electron chi connectivity index (χ4n) is 2.26. The van der Waals surface area contributed by atoms with Gasteiger partial charge in [-0.05, 0) is 12.1 Å². The van der Waals surface area contributed by atoms with Gasteiger partial charge in [-0.3, -0.25) is 4.79 Å². The summed E-state index contributed by atoms with van der Waals surface area (Å²) in [6.07, 6.45) is 0. The highest BCUT2D eigenvalue weighted by atomic mass is 16.6. The third-order valence-corrected chi connectivity index (χ3v) is 3.25. The fraction of sp³-hybridized carbons (Fsp3) is 0.462. The van der Waals surface area contributed by atoms with Crippen molar-refractivity contribution in [3.63, 3.8) is 0 Å². The van der Waals surface area contributed by atoms with E-state index in [0.717, 1.165) is 0 Å². The number of hydrogen-bond donors (Lipinski definition) is 1. The summed E-state index contributed by atoms with van der Waals surface area (Å²) in [5.41, 5.74) is 6.84. The van der Waals surface area contributed by atoms with Gasteiger partial charge in [0.05, 0.1) is 24.5 Å². The molecule has 1 amide bonds. The van der Waals surface area contributed by atoms with Gasteiger partial charge in [0.1, 0.15) is 13.2 Å². The number of nitrogens with zero attached hydrogens (tertiary/aromatic N) is 1. The third-order valence-electron chi connectivity index (χ3n) is 3.25. The predicted molar refractivity (Wildman–Crippen MR) is 68.6 cm³/mol. The normalized spacial score (nSPS) is 18.2. The SMILES string of the molecule is Nc1ccc(C(=O)N2CCOCC2)c2c1OCCO2. The van der Waals surface area contributed by atoms with Crippen LogP contribution in [0.4, 0.5) is 5.69 Å². The van der Waals surface area contributed by atoms with Gasteiger partial charge in [0, 0.05) is 13.1 Å². The van der Waals surface area contributed by atoms with Gasteiger partial charge < -0.3 is 24.8 Å². The minimum Gasteiger partial charge on any atom is -0.485 e. The standard InChI is InChI=1S/C13H16N2O4/c14-10-2-1-9(11-12(10)19-8-7-18-11)13(16)15-3-5-17-6-4-15/h1-2H,3-8,14H2. The van der Waals surface area contributed by atoms with Crippen LogP contribution in [0.3, 0.4) is 0 Å². The maximum Gasteiger partial charge on any atom is 0.257 e. The van der Waals surface area contributed by atoms with Crippen molar-refractivity contribution in [1.29, 1.82) is 0 Å². The first-order chi connectivity index (χ1) is 9.27. The van der Waals surface area contributed by atoms with Crippen LogP contribution in [0.15, 0.2) is 12.1 Å². The molecule has 6 heteroatoms. The number of nitrogen functional groups attached to an aromatic ring is 1. The van der Waals surface area contributed by atoms with Crippen molar-refractivity contribution in [2.75, 3.05) is 45.3 Å². The molecule has 0 saturated carbocycles. The van der Waals surface area contributed by atoms with Gasteiger partial charge in [0.2, 0.25) is 0 Å². The van der Waals surface area contributed by atoms with Crippen LogP contribution in [0.25, 0.3) is 0 Å². The molecular weight excluding hydrogens is 248 g/mol. The topological polar surface area (TPSA) is 74.0 Å². The number of nitrogens with two attached hydrogens (primary N) is 1. The Kier molecular flexibility index (Phi) is 3.16. The van der Waals surface area contributed by atoms with Gasteiger partial charge >= 0.3 is 0 Å². The number of benzene rings is 1. The lowest BCUT2D eigenvalue weighted by Crippen LogP contribution is -2.41. The third kappa shape index (κ3) is 2.19. The molecule has 102 valence electrons. The first-order valence-corrected chi connectivity index (χ1v) is 6.32. The number of rotatable bonds is 1. The van der Waals surface area contributed by atoms with E-state index in [2.05, 4.69) is 0 Å². The first kappa shape index (κ1) is 12.1. The van der Waals surface area contributed by atoms with Crippen LogP contribution >= 0.6 is 0 Å². The number of hydrogen-bond acceptors (Lipinski definition) is 5. The molecule has 1 fully saturated rings. The Morgan fingerprint density at radius 2 is 1.74 bits per heavy atom. The molecule has 0 aliphatic carbocycles. The minimum atomic E-state index is -0.0648. The maximum absolute atomic E-state index is 12.5. The summed E-state index contributed by atoms with van der Waals surface area (Å²) < 4.78 is 16.3. The van der Waals surface area contributed by atoms with Crippen molar-refractivity contribution in [2.45, 2.75) is 0 Å². The van der Waals surface area contributed by atoms with Crippen LogP contribution < -0.4 is 15.2 Å². The van der Waals surface area contributed by atoms with E-state index in [1.807, 2.05) is 0 Å². The van der Waals surface area contributed by atoms with Gasteiger partial charge in [0.25, 0.3) is 5.91 Å². The van der Waals surface area contributed by atoms with Gasteiger partial charge in [-0.15, -0.1) is 0 Å². The molecule has 0 unspecified atom stereocenters. The molecule has 3 rings (SSSR count). The zero-order chi connectivity index (χ0) is 13.2. The maximum atomic E-state index is 12.5. The van der Waals surface area contributed by atoms with Crippen LogP contribution in [0.5, 0.6) is 11.5 Å². The quantitative estimate of drug-likeness (QED) is 0.748. The van der Waals surface area contributed by atoms with Crippen molar-refractivity contribution in [1.82, 2.24) is 4.90 Å². The average Bonchev–Trinajstić information content (AvgIpc) is 2.48. The van der Waals surface area contributed by atoms with Crippen molar-refractivity contribution in [3.05, 3.63) is 17.7 Å². The lowest BCUT2D eigenvalue weighted by molar-refractivity contribution is 0.0298. The van der Waals surface area contributed by atoms with Crippen LogP contribution in [0.1, 0.15) is 10.4 Å². The van der Waals surface area contributed by atoms with Crippen LogP contribution in [0, 0.1) is 0 Å². The zero-order valence-corrected chi connectivity index (χ0v) is 10.6. The molecule has 2 heterocycles. The van der Waals surface area contributed by atoms with Crippen molar-refractivity contribution < 1.29 is 19.0 Å². The van der Waals surface area contributed by atoms with Crippen LogP contribution in [-0.4, -0.2) is 50.3 Å². The van der Waals surface area contributed by atoms with Gasteiger partial charge in [-0.1, -0.05) is 0 Å². The number of amides is 1. The van der Waals surface area contributed by atoms with E-state index in [9.17, 15) is 4.79 Å². The molecule has 1 saturated heterocycles. The summed E-state index contributed by atoms with van der Waals surface area (Å²) >= 11 is 0. The first-order valence-electron chi connectivity index (χ1n) is 6.32. The van der Waals surface area contributed by atoms with E-state index in [-0.39, 0.29) is 5.91 Å². The van der Waals surface area contributed by atoms with Crippen molar-refractivity contribution in [3.8, 4) is 11.5 Å². The van der Waals surface area contributed by atoms with E-state index in [1.54, 1.807) is 17.0 Å². The molecule has 2 aliphatic rings. The van der Waals surface area contributed by atoms with Gasteiger partial charge in [-0.25, -0.2) is 0 Å². The molecule has 19 heavy (non-hydrogen) atoms. The molecule has 0 atom stereocenters. The Hall–Kier alpha value is -1.95. The van der Waals surface area contributed by atoms with Crippen molar-refractivity contribution in [2.24, 2.45) is 0 Å². The highest BCUT2D eigenvalue weighted by Crippen LogP contribution is 2.39. The fourth-order valence-corrected chi connectivity index (χ4v) is 2.26. The smallest absolute Gasteiger partial charge is 0.257 e. The zero-order valence-electron chi connectivity index (χ0n) is 10.6. The molecule has 1 aromatic rings. The highest BCUT2D eigenvalue weighted by Gasteiger charge is 2.26. The molecule has 0 spiro atoms. The van der Waals surface area contributed by atoms with E-state index < -0.39 is 0 Å². The lowest BCUT2D eigenvalue weighted by atomic mass is 10.1. The van der Waals surface area contributed by atoms with Gasteiger partial charge in [0.15, 0.2) is 11.5 Å². The molecule has 0 aromatic heterocycles. The summed E-state index contributed by atoms with van der Waals surface area (Å²) in [5, 5.41) is 0. The largest absolute Gasteiger partial charge is 0.485 e. The van der Waals surface area contributed by atoms with Crippen molar-refractivity contribution >= 4 is 11.6 Å². The average molecular weight is 264 g/mol. The number of fused-ring (bicyclic) bond motifs is 1. The minimum absolute atomic E-state index is 0.0648. The summed E-state index contributed by atoms with van der Waals surface area (Å²) in [6, 6.07) is 3.38. The Balaban J connectivity index is 1.93. The second kappa shape index (κ2) is 4.97. The van der Waals surface area contributed by atoms with Crippen LogP contribution in [0.2, 0.25) is 0 Å². The van der Waals surface area contributed by atoms with Crippen LogP contribution in [-0.2, 0) is 4.74 Å². The molecular formula is C13H16N2O4. The number of carbonyl (C=O) groups excluding carboxylic acids is 1. The Morgan fingerprint density at radius 1 is 1.05 bits per heavy atom.